The quantitative estimate of drug-likeness (QED) is 0.896. The Bertz CT molecular complexity index is 411. The zero-order valence-electron chi connectivity index (χ0n) is 10.7. The maximum absolute atomic E-state index is 6.29. The summed E-state index contributed by atoms with van der Waals surface area (Å²) < 4.78 is 5.96. The molecule has 2 nitrogen and oxygen atoms in total. The molecule has 0 spiro atoms. The van der Waals surface area contributed by atoms with E-state index in [0.29, 0.717) is 11.1 Å². The lowest BCUT2D eigenvalue weighted by molar-refractivity contribution is 0.0320. The molecule has 0 amide bonds. The van der Waals surface area contributed by atoms with Crippen LogP contribution in [-0.4, -0.2) is 18.8 Å². The van der Waals surface area contributed by atoms with Crippen LogP contribution >= 0.6 is 23.2 Å². The van der Waals surface area contributed by atoms with Gasteiger partial charge in [-0.05, 0) is 50.1 Å². The Labute approximate surface area is 119 Å². The Morgan fingerprint density at radius 2 is 2.17 bits per heavy atom. The second-order valence-electron chi connectivity index (χ2n) is 4.76. The lowest BCUT2D eigenvalue weighted by Gasteiger charge is -2.26. The fourth-order valence-corrected chi connectivity index (χ4v) is 2.91. The minimum Gasteiger partial charge on any atom is -0.373 e. The van der Waals surface area contributed by atoms with E-state index in [1.807, 2.05) is 18.2 Å². The molecule has 0 bridgehead atoms. The highest BCUT2D eigenvalue weighted by Crippen LogP contribution is 2.34. The number of nitrogens with one attached hydrogen (secondary N) is 1. The Balaban J connectivity index is 2.26. The number of benzene rings is 1. The molecule has 4 heteroatoms. The van der Waals surface area contributed by atoms with Gasteiger partial charge < -0.3 is 10.1 Å². The van der Waals surface area contributed by atoms with E-state index in [1.165, 1.54) is 0 Å². The first-order chi connectivity index (χ1) is 8.61. The van der Waals surface area contributed by atoms with Gasteiger partial charge in [-0.3, -0.25) is 0 Å². The summed E-state index contributed by atoms with van der Waals surface area (Å²) in [6.07, 6.45) is 2.66. The Hall–Kier alpha value is -0.280. The highest BCUT2D eigenvalue weighted by molar-refractivity contribution is 6.33. The lowest BCUT2D eigenvalue weighted by Crippen LogP contribution is -2.32. The third-order valence-electron chi connectivity index (χ3n) is 3.35. The van der Waals surface area contributed by atoms with Gasteiger partial charge in [0.1, 0.15) is 0 Å². The Kier molecular flexibility index (Phi) is 4.91. The maximum Gasteiger partial charge on any atom is 0.0774 e. The average molecular weight is 288 g/mol. The molecule has 1 aromatic carbocycles. The molecule has 18 heavy (non-hydrogen) atoms. The molecule has 2 rings (SSSR count). The van der Waals surface area contributed by atoms with Gasteiger partial charge in [0.15, 0.2) is 0 Å². The highest BCUT2D eigenvalue weighted by Gasteiger charge is 2.31. The number of ether oxygens (including phenoxy) is 1. The van der Waals surface area contributed by atoms with E-state index in [4.69, 9.17) is 27.9 Å². The molecular formula is C14H19Cl2NO. The predicted molar refractivity (Wildman–Crippen MR) is 76.4 cm³/mol. The molecule has 1 aromatic rings. The van der Waals surface area contributed by atoms with Crippen LogP contribution in [-0.2, 0) is 4.74 Å². The molecule has 0 saturated carbocycles. The van der Waals surface area contributed by atoms with E-state index in [0.717, 1.165) is 30.0 Å². The first-order valence-electron chi connectivity index (χ1n) is 6.45. The molecule has 1 aliphatic heterocycles. The van der Waals surface area contributed by atoms with Crippen LogP contribution in [0.5, 0.6) is 0 Å². The third-order valence-corrected chi connectivity index (χ3v) is 3.93. The minimum atomic E-state index is 0.117. The van der Waals surface area contributed by atoms with Crippen molar-refractivity contribution in [3.8, 4) is 0 Å². The van der Waals surface area contributed by atoms with Crippen LogP contribution in [0.2, 0.25) is 10.0 Å². The third kappa shape index (κ3) is 3.18. The summed E-state index contributed by atoms with van der Waals surface area (Å²) in [6.45, 7) is 5.08. The van der Waals surface area contributed by atoms with Gasteiger partial charge in [0.2, 0.25) is 0 Å². The predicted octanol–water partition coefficient (Wildman–Crippen LogP) is 4.21. The second-order valence-corrected chi connectivity index (χ2v) is 5.61. The second kappa shape index (κ2) is 6.25. The fourth-order valence-electron chi connectivity index (χ4n) is 2.49. The molecule has 0 radical (unpaired) electrons. The highest BCUT2D eigenvalue weighted by atomic mass is 35.5. The summed E-state index contributed by atoms with van der Waals surface area (Å²) in [5, 5.41) is 4.92. The molecule has 0 aliphatic carbocycles. The fraction of sp³-hybridized carbons (Fsp3) is 0.571. The molecule has 1 heterocycles. The van der Waals surface area contributed by atoms with Gasteiger partial charge in [-0.2, -0.15) is 0 Å². The van der Waals surface area contributed by atoms with Crippen molar-refractivity contribution in [2.45, 2.75) is 44.9 Å². The number of hydrogen-bond acceptors (Lipinski definition) is 2. The minimum absolute atomic E-state index is 0.117. The van der Waals surface area contributed by atoms with E-state index in [2.05, 4.69) is 19.2 Å². The van der Waals surface area contributed by atoms with Crippen LogP contribution < -0.4 is 5.32 Å². The van der Waals surface area contributed by atoms with Crippen molar-refractivity contribution in [3.63, 3.8) is 0 Å². The Morgan fingerprint density at radius 1 is 1.39 bits per heavy atom. The van der Waals surface area contributed by atoms with Crippen LogP contribution in [0.4, 0.5) is 0 Å². The summed E-state index contributed by atoms with van der Waals surface area (Å²) in [7, 11) is 0. The van der Waals surface area contributed by atoms with Crippen molar-refractivity contribution >= 4 is 23.2 Å². The standard InChI is InChI=1S/C14H19Cl2NO/c1-3-17-14(13-7-4-9(2)18-13)11-8-10(15)5-6-12(11)16/h5-6,8-9,13-14,17H,3-4,7H2,1-2H3. The topological polar surface area (TPSA) is 21.3 Å². The van der Waals surface area contributed by atoms with Crippen molar-refractivity contribution in [1.82, 2.24) is 5.32 Å². The molecular weight excluding hydrogens is 269 g/mol. The largest absolute Gasteiger partial charge is 0.373 e. The number of halogens is 2. The van der Waals surface area contributed by atoms with Gasteiger partial charge in [-0.25, -0.2) is 0 Å². The summed E-state index contributed by atoms with van der Waals surface area (Å²) >= 11 is 12.4. The molecule has 1 aliphatic rings. The van der Waals surface area contributed by atoms with Crippen LogP contribution in [0.3, 0.4) is 0 Å². The van der Waals surface area contributed by atoms with E-state index < -0.39 is 0 Å². The zero-order chi connectivity index (χ0) is 13.1. The smallest absolute Gasteiger partial charge is 0.0774 e. The van der Waals surface area contributed by atoms with E-state index in [-0.39, 0.29) is 12.1 Å². The van der Waals surface area contributed by atoms with E-state index in [9.17, 15) is 0 Å². The summed E-state index contributed by atoms with van der Waals surface area (Å²) in [6, 6.07) is 5.71. The van der Waals surface area contributed by atoms with Gasteiger partial charge in [0.25, 0.3) is 0 Å². The van der Waals surface area contributed by atoms with Gasteiger partial charge in [-0.1, -0.05) is 30.1 Å². The molecule has 3 unspecified atom stereocenters. The Morgan fingerprint density at radius 3 is 2.78 bits per heavy atom. The molecule has 0 aromatic heterocycles. The SMILES string of the molecule is CCNC(c1cc(Cl)ccc1Cl)C1CCC(C)O1. The first kappa shape index (κ1) is 14.1. The van der Waals surface area contributed by atoms with Gasteiger partial charge in [0.05, 0.1) is 18.2 Å². The summed E-state index contributed by atoms with van der Waals surface area (Å²) in [5.74, 6) is 0. The molecule has 1 saturated heterocycles. The van der Waals surface area contributed by atoms with Crippen molar-refractivity contribution in [2.24, 2.45) is 0 Å². The molecule has 3 atom stereocenters. The van der Waals surface area contributed by atoms with Crippen LogP contribution in [0.15, 0.2) is 18.2 Å². The number of hydrogen-bond donors (Lipinski definition) is 1. The maximum atomic E-state index is 6.29. The van der Waals surface area contributed by atoms with Crippen molar-refractivity contribution in [3.05, 3.63) is 33.8 Å². The van der Waals surface area contributed by atoms with Crippen LogP contribution in [0.25, 0.3) is 0 Å². The monoisotopic (exact) mass is 287 g/mol. The van der Waals surface area contributed by atoms with Gasteiger partial charge in [0, 0.05) is 10.0 Å². The summed E-state index contributed by atoms with van der Waals surface area (Å²) in [5.41, 5.74) is 1.03. The average Bonchev–Trinajstić information content (AvgIpc) is 2.76. The van der Waals surface area contributed by atoms with E-state index >= 15 is 0 Å². The zero-order valence-corrected chi connectivity index (χ0v) is 12.3. The van der Waals surface area contributed by atoms with Crippen molar-refractivity contribution in [1.29, 1.82) is 0 Å². The van der Waals surface area contributed by atoms with Crippen molar-refractivity contribution < 1.29 is 4.74 Å². The first-order valence-corrected chi connectivity index (χ1v) is 7.21. The lowest BCUT2D eigenvalue weighted by atomic mass is 9.99. The normalized spacial score (nSPS) is 25.3. The van der Waals surface area contributed by atoms with Crippen LogP contribution in [0, 0.1) is 0 Å². The number of likely N-dealkylation sites (N-methyl/N-ethyl adjacent to an activating group) is 1. The van der Waals surface area contributed by atoms with Gasteiger partial charge >= 0.3 is 0 Å². The molecule has 1 fully saturated rings. The molecule has 1 N–H and O–H groups in total. The number of rotatable bonds is 4. The molecule has 100 valence electrons. The van der Waals surface area contributed by atoms with E-state index in [1.54, 1.807) is 0 Å². The van der Waals surface area contributed by atoms with Gasteiger partial charge in [-0.15, -0.1) is 0 Å². The van der Waals surface area contributed by atoms with Crippen LogP contribution in [0.1, 0.15) is 38.3 Å². The summed E-state index contributed by atoms with van der Waals surface area (Å²) in [4.78, 5) is 0. The van der Waals surface area contributed by atoms with Crippen molar-refractivity contribution in [2.75, 3.05) is 6.54 Å².